The monoisotopic (exact) mass is 480 g/mol. The van der Waals surface area contributed by atoms with Gasteiger partial charge in [-0.05, 0) is 27.2 Å². The zero-order chi connectivity index (χ0) is 23.0. The molecule has 6 atom stereocenters. The first-order chi connectivity index (χ1) is 14.4. The number of carbonyl (C=O) groups is 1. The molecule has 3 rings (SSSR count). The van der Waals surface area contributed by atoms with E-state index < -0.39 is 48.3 Å². The second-order valence-electron chi connectivity index (χ2n) is 7.97. The van der Waals surface area contributed by atoms with E-state index in [-0.39, 0.29) is 31.7 Å². The zero-order valence-corrected chi connectivity index (χ0v) is 19.3. The second-order valence-corrected chi connectivity index (χ2v) is 10.4. The molecule has 31 heavy (non-hydrogen) atoms. The number of aromatic amines is 1. The fraction of sp³-hybridized carbons (Fsp3) is 0.722. The van der Waals surface area contributed by atoms with E-state index in [4.69, 9.17) is 34.6 Å². The summed E-state index contributed by atoms with van der Waals surface area (Å²) in [6.45, 7) is 6.55. The van der Waals surface area contributed by atoms with Crippen molar-refractivity contribution < 1.29 is 32.4 Å². The van der Waals surface area contributed by atoms with Gasteiger partial charge in [0, 0.05) is 12.3 Å². The maximum Gasteiger partial charge on any atom is 0.475 e. The van der Waals surface area contributed by atoms with Gasteiger partial charge in [-0.25, -0.2) is 9.36 Å². The molecule has 0 spiro atoms. The molecule has 2 fully saturated rings. The van der Waals surface area contributed by atoms with Gasteiger partial charge in [-0.3, -0.25) is 32.7 Å². The number of H-pyrrole nitrogens is 1. The number of hydrogen-bond donors (Lipinski definition) is 1. The number of nitrogens with zero attached hydrogens (tertiary/aromatic N) is 1. The summed E-state index contributed by atoms with van der Waals surface area (Å²) >= 11 is 6.66. The average molecular weight is 481 g/mol. The Kier molecular flexibility index (Phi) is 7.15. The standard InChI is InChI=1S/C18H26ClN2O9P/c1-10(2)28-15(23)11(3)6-8-26-31(25)27-9-12-14(30-31)18(4,19)16(29-12)21-7-5-13(22)20-17(21)24/h5,7,10-12,14,16H,6,8-9H2,1-4H3,(H,20,22,24)/t11?,12-,14-,16-,18-,31+/m1/s1. The van der Waals surface area contributed by atoms with Gasteiger partial charge in [0.2, 0.25) is 0 Å². The third-order valence-corrected chi connectivity index (χ3v) is 6.83. The maximum atomic E-state index is 12.9. The Morgan fingerprint density at radius 1 is 1.42 bits per heavy atom. The molecule has 0 aliphatic carbocycles. The van der Waals surface area contributed by atoms with Gasteiger partial charge in [0.1, 0.15) is 17.1 Å². The molecule has 2 aliphatic rings. The molecule has 1 unspecified atom stereocenters. The van der Waals surface area contributed by atoms with E-state index in [9.17, 15) is 18.9 Å². The molecule has 0 aromatic carbocycles. The van der Waals surface area contributed by atoms with Gasteiger partial charge in [-0.15, -0.1) is 11.6 Å². The summed E-state index contributed by atoms with van der Waals surface area (Å²) in [4.78, 5) is 36.2. The summed E-state index contributed by atoms with van der Waals surface area (Å²) in [6.07, 6.45) is -1.35. The Morgan fingerprint density at radius 3 is 2.77 bits per heavy atom. The lowest BCUT2D eigenvalue weighted by Gasteiger charge is -2.34. The minimum absolute atomic E-state index is 0.0638. The largest absolute Gasteiger partial charge is 0.475 e. The van der Waals surface area contributed by atoms with Crippen molar-refractivity contribution in [2.24, 2.45) is 5.92 Å². The van der Waals surface area contributed by atoms with E-state index in [2.05, 4.69) is 4.98 Å². The van der Waals surface area contributed by atoms with Crippen molar-refractivity contribution in [3.8, 4) is 0 Å². The van der Waals surface area contributed by atoms with E-state index in [1.54, 1.807) is 27.7 Å². The summed E-state index contributed by atoms with van der Waals surface area (Å²) in [5.41, 5.74) is -1.26. The molecule has 1 aromatic rings. The van der Waals surface area contributed by atoms with Crippen molar-refractivity contribution in [2.45, 2.75) is 63.5 Å². The van der Waals surface area contributed by atoms with Gasteiger partial charge < -0.3 is 9.47 Å². The molecule has 1 aromatic heterocycles. The van der Waals surface area contributed by atoms with E-state index in [0.29, 0.717) is 0 Å². The Balaban J connectivity index is 1.65. The van der Waals surface area contributed by atoms with Crippen LogP contribution in [-0.2, 0) is 32.4 Å². The summed E-state index contributed by atoms with van der Waals surface area (Å²) < 4.78 is 41.2. The number of fused-ring (bicyclic) bond motifs is 1. The van der Waals surface area contributed by atoms with Crippen molar-refractivity contribution in [2.75, 3.05) is 13.2 Å². The number of halogens is 1. The number of phosphoric acid groups is 1. The molecule has 2 aliphatic heterocycles. The number of hydrogen-bond acceptors (Lipinski definition) is 9. The molecule has 3 heterocycles. The number of alkyl halides is 1. The lowest BCUT2D eigenvalue weighted by atomic mass is 10.0. The zero-order valence-electron chi connectivity index (χ0n) is 17.6. The summed E-state index contributed by atoms with van der Waals surface area (Å²) in [7, 11) is -3.98. The smallest absolute Gasteiger partial charge is 0.463 e. The van der Waals surface area contributed by atoms with Gasteiger partial charge in [-0.2, -0.15) is 0 Å². The fourth-order valence-electron chi connectivity index (χ4n) is 3.33. The number of aromatic nitrogens is 2. The molecule has 174 valence electrons. The maximum absolute atomic E-state index is 12.9. The van der Waals surface area contributed by atoms with Crippen molar-refractivity contribution in [3.05, 3.63) is 33.1 Å². The third-order valence-electron chi connectivity index (χ3n) is 4.98. The lowest BCUT2D eigenvalue weighted by molar-refractivity contribution is -0.152. The lowest BCUT2D eigenvalue weighted by Crippen LogP contribution is -2.45. The van der Waals surface area contributed by atoms with Crippen LogP contribution in [0.1, 0.15) is 40.3 Å². The summed E-state index contributed by atoms with van der Waals surface area (Å²) in [6, 6.07) is 1.16. The molecular formula is C18H26ClN2O9P. The van der Waals surface area contributed by atoms with E-state index in [1.165, 1.54) is 6.20 Å². The third kappa shape index (κ3) is 5.30. The van der Waals surface area contributed by atoms with Gasteiger partial charge in [0.25, 0.3) is 5.56 Å². The highest BCUT2D eigenvalue weighted by Crippen LogP contribution is 2.60. The highest BCUT2D eigenvalue weighted by atomic mass is 35.5. The molecule has 0 bridgehead atoms. The van der Waals surface area contributed by atoms with Gasteiger partial charge in [-0.1, -0.05) is 6.92 Å². The van der Waals surface area contributed by atoms with Crippen LogP contribution in [-0.4, -0.2) is 51.9 Å². The molecule has 0 radical (unpaired) electrons. The van der Waals surface area contributed by atoms with Crippen molar-refractivity contribution in [1.29, 1.82) is 0 Å². The van der Waals surface area contributed by atoms with Gasteiger partial charge in [0.05, 0.1) is 25.2 Å². The number of nitrogens with one attached hydrogen (secondary N) is 1. The van der Waals surface area contributed by atoms with Crippen molar-refractivity contribution in [1.82, 2.24) is 9.55 Å². The summed E-state index contributed by atoms with van der Waals surface area (Å²) in [5, 5.41) is 0. The van der Waals surface area contributed by atoms with Crippen molar-refractivity contribution >= 4 is 25.4 Å². The number of carbonyl (C=O) groups excluding carboxylic acids is 1. The summed E-state index contributed by atoms with van der Waals surface area (Å²) in [5.74, 6) is -0.842. The van der Waals surface area contributed by atoms with Crippen LogP contribution < -0.4 is 11.2 Å². The second kappa shape index (κ2) is 9.17. The molecule has 2 saturated heterocycles. The van der Waals surface area contributed by atoms with E-state index in [1.807, 2.05) is 0 Å². The molecule has 0 amide bonds. The number of esters is 1. The topological polar surface area (TPSA) is 135 Å². The van der Waals surface area contributed by atoms with Crippen molar-refractivity contribution in [3.63, 3.8) is 0 Å². The number of rotatable bonds is 7. The SMILES string of the molecule is CC(C)OC(=O)C(C)CCO[P@@]1(=O)OC[C@H]2O[C@@H](n3ccc(=O)[nH]c3=O)[C@](C)(Cl)[C@@H]2O1. The normalized spacial score (nSPS) is 33.8. The van der Waals surface area contributed by atoms with Crippen LogP contribution in [0.2, 0.25) is 0 Å². The van der Waals surface area contributed by atoms with Crippen LogP contribution >= 0.6 is 19.4 Å². The highest BCUT2D eigenvalue weighted by Gasteiger charge is 2.60. The number of ether oxygens (including phenoxy) is 2. The molecule has 0 saturated carbocycles. The van der Waals surface area contributed by atoms with Crippen LogP contribution in [0.15, 0.2) is 21.9 Å². The highest BCUT2D eigenvalue weighted by molar-refractivity contribution is 7.48. The molecule has 13 heteroatoms. The first-order valence-electron chi connectivity index (χ1n) is 9.87. The van der Waals surface area contributed by atoms with Crippen LogP contribution in [0.25, 0.3) is 0 Å². The molecule has 11 nitrogen and oxygen atoms in total. The number of phosphoric ester groups is 1. The van der Waals surface area contributed by atoms with Gasteiger partial charge in [0.15, 0.2) is 6.23 Å². The first-order valence-corrected chi connectivity index (χ1v) is 11.7. The van der Waals surface area contributed by atoms with E-state index >= 15 is 0 Å². The van der Waals surface area contributed by atoms with E-state index in [0.717, 1.165) is 10.6 Å². The minimum atomic E-state index is -3.98. The van der Waals surface area contributed by atoms with Crippen LogP contribution in [0.4, 0.5) is 0 Å². The van der Waals surface area contributed by atoms with Crippen LogP contribution in [0.5, 0.6) is 0 Å². The Bertz CT molecular complexity index is 975. The minimum Gasteiger partial charge on any atom is -0.463 e. The predicted molar refractivity (Wildman–Crippen MR) is 109 cm³/mol. The average Bonchev–Trinajstić information content (AvgIpc) is 2.91. The predicted octanol–water partition coefficient (Wildman–Crippen LogP) is 1.95. The Hall–Kier alpha value is -1.49. The fourth-order valence-corrected chi connectivity index (χ4v) is 5.22. The Labute approximate surface area is 183 Å². The molecular weight excluding hydrogens is 455 g/mol. The molecule has 1 N–H and O–H groups in total. The quantitative estimate of drug-likeness (QED) is 0.353. The van der Waals surface area contributed by atoms with Crippen LogP contribution in [0.3, 0.4) is 0 Å². The Morgan fingerprint density at radius 2 is 2.13 bits per heavy atom. The van der Waals surface area contributed by atoms with Crippen LogP contribution in [0, 0.1) is 5.92 Å². The van der Waals surface area contributed by atoms with Gasteiger partial charge >= 0.3 is 19.5 Å². The first kappa shape index (κ1) is 24.2.